The van der Waals surface area contributed by atoms with Crippen molar-refractivity contribution in [3.63, 3.8) is 0 Å². The van der Waals surface area contributed by atoms with Crippen LogP contribution >= 0.6 is 0 Å². The molecule has 2 heterocycles. The average molecular weight is 396 g/mol. The highest BCUT2D eigenvalue weighted by Crippen LogP contribution is 2.40. The molecule has 154 valence electrons. The van der Waals surface area contributed by atoms with Gasteiger partial charge in [-0.05, 0) is 62.0 Å². The summed E-state index contributed by atoms with van der Waals surface area (Å²) in [5.74, 6) is 0.243. The summed E-state index contributed by atoms with van der Waals surface area (Å²) < 4.78 is 0. The fraction of sp³-hybridized carbons (Fsp3) is 0.609. The lowest BCUT2D eigenvalue weighted by molar-refractivity contribution is -0.143. The SMILES string of the molecule is O=C1N[C@]2(CCCc3ccccc32)C(=O)N1CC(=O)N1CCC[C@@H]2CCCC[C@@H]21. The third-order valence-corrected chi connectivity index (χ3v) is 7.51. The summed E-state index contributed by atoms with van der Waals surface area (Å²) in [6.07, 6.45) is 9.21. The third kappa shape index (κ3) is 2.95. The number of nitrogens with zero attached hydrogens (tertiary/aromatic N) is 2. The molecule has 1 N–H and O–H groups in total. The van der Waals surface area contributed by atoms with E-state index < -0.39 is 11.6 Å². The van der Waals surface area contributed by atoms with Crippen LogP contribution in [-0.4, -0.2) is 46.8 Å². The minimum atomic E-state index is -0.999. The molecular formula is C23H29N3O3. The fourth-order valence-corrected chi connectivity index (χ4v) is 6.12. The summed E-state index contributed by atoms with van der Waals surface area (Å²) in [4.78, 5) is 42.5. The van der Waals surface area contributed by atoms with E-state index in [0.717, 1.165) is 54.7 Å². The van der Waals surface area contributed by atoms with Crippen LogP contribution in [0.4, 0.5) is 4.79 Å². The molecule has 1 spiro atoms. The molecule has 0 aromatic heterocycles. The monoisotopic (exact) mass is 395 g/mol. The second-order valence-electron chi connectivity index (χ2n) is 9.08. The Morgan fingerprint density at radius 1 is 1.07 bits per heavy atom. The highest BCUT2D eigenvalue weighted by Gasteiger charge is 2.54. The van der Waals surface area contributed by atoms with Crippen LogP contribution < -0.4 is 5.32 Å². The summed E-state index contributed by atoms with van der Waals surface area (Å²) in [7, 11) is 0. The Labute approximate surface area is 171 Å². The largest absolute Gasteiger partial charge is 0.338 e. The molecule has 6 nitrogen and oxygen atoms in total. The number of fused-ring (bicyclic) bond motifs is 3. The Morgan fingerprint density at radius 3 is 2.76 bits per heavy atom. The van der Waals surface area contributed by atoms with Crippen LogP contribution in [-0.2, 0) is 21.5 Å². The molecule has 4 amide bonds. The molecule has 1 aromatic carbocycles. The molecular weight excluding hydrogens is 366 g/mol. The predicted molar refractivity (Wildman–Crippen MR) is 108 cm³/mol. The minimum Gasteiger partial charge on any atom is -0.338 e. The number of urea groups is 1. The van der Waals surface area contributed by atoms with E-state index in [1.807, 2.05) is 29.2 Å². The van der Waals surface area contributed by atoms with Gasteiger partial charge in [-0.3, -0.25) is 14.5 Å². The van der Waals surface area contributed by atoms with Gasteiger partial charge in [0, 0.05) is 12.6 Å². The quantitative estimate of drug-likeness (QED) is 0.783. The Bertz CT molecular complexity index is 852. The minimum absolute atomic E-state index is 0.0776. The van der Waals surface area contributed by atoms with Crippen LogP contribution in [0.25, 0.3) is 0 Å². The van der Waals surface area contributed by atoms with E-state index in [4.69, 9.17) is 0 Å². The lowest BCUT2D eigenvalue weighted by Crippen LogP contribution is -2.53. The molecule has 29 heavy (non-hydrogen) atoms. The molecule has 5 rings (SSSR count). The van der Waals surface area contributed by atoms with E-state index in [1.165, 1.54) is 19.3 Å². The van der Waals surface area contributed by atoms with Gasteiger partial charge < -0.3 is 10.2 Å². The van der Waals surface area contributed by atoms with Crippen molar-refractivity contribution in [2.75, 3.05) is 13.1 Å². The van der Waals surface area contributed by atoms with Crippen LogP contribution in [0.2, 0.25) is 0 Å². The number of carbonyl (C=O) groups excluding carboxylic acids is 3. The molecule has 2 saturated heterocycles. The molecule has 0 radical (unpaired) electrons. The van der Waals surface area contributed by atoms with E-state index in [2.05, 4.69) is 5.32 Å². The van der Waals surface area contributed by atoms with Crippen molar-refractivity contribution in [2.24, 2.45) is 5.92 Å². The molecule has 3 atom stereocenters. The zero-order chi connectivity index (χ0) is 20.0. The van der Waals surface area contributed by atoms with Gasteiger partial charge in [0.1, 0.15) is 12.1 Å². The van der Waals surface area contributed by atoms with Crippen molar-refractivity contribution >= 4 is 17.8 Å². The van der Waals surface area contributed by atoms with Crippen molar-refractivity contribution in [1.82, 2.24) is 15.1 Å². The van der Waals surface area contributed by atoms with Gasteiger partial charge in [-0.25, -0.2) is 4.79 Å². The highest BCUT2D eigenvalue weighted by atomic mass is 16.2. The van der Waals surface area contributed by atoms with Crippen LogP contribution in [0.5, 0.6) is 0 Å². The standard InChI is InChI=1S/C23H29N3O3/c27-20(25-14-6-10-17-8-2-4-12-19(17)25)15-26-21(28)23(24-22(26)29)13-5-9-16-7-1-3-11-18(16)23/h1,3,7,11,17,19H,2,4-6,8-10,12-15H2,(H,24,29)/t17-,19-,23-/m0/s1. The maximum atomic E-state index is 13.4. The van der Waals surface area contributed by atoms with Crippen LogP contribution in [0.3, 0.4) is 0 Å². The van der Waals surface area contributed by atoms with Crippen LogP contribution in [0, 0.1) is 5.92 Å². The molecule has 1 aromatic rings. The first-order chi connectivity index (χ1) is 14.1. The molecule has 6 heteroatoms. The number of aryl methyl sites for hydroxylation is 1. The number of rotatable bonds is 2. The number of hydrogen-bond donors (Lipinski definition) is 1. The van der Waals surface area contributed by atoms with Crippen molar-refractivity contribution in [2.45, 2.75) is 69.4 Å². The van der Waals surface area contributed by atoms with E-state index in [1.54, 1.807) is 0 Å². The first kappa shape index (κ1) is 18.6. The lowest BCUT2D eigenvalue weighted by Gasteiger charge is -2.44. The van der Waals surface area contributed by atoms with Crippen molar-refractivity contribution in [3.05, 3.63) is 35.4 Å². The maximum Gasteiger partial charge on any atom is 0.325 e. The second-order valence-corrected chi connectivity index (χ2v) is 9.08. The Hall–Kier alpha value is -2.37. The van der Waals surface area contributed by atoms with Gasteiger partial charge in [-0.15, -0.1) is 0 Å². The number of carbonyl (C=O) groups is 3. The molecule has 2 aliphatic heterocycles. The molecule has 4 aliphatic rings. The predicted octanol–water partition coefficient (Wildman–Crippen LogP) is 2.95. The molecule has 0 bridgehead atoms. The molecule has 0 unspecified atom stereocenters. The third-order valence-electron chi connectivity index (χ3n) is 7.51. The first-order valence-electron chi connectivity index (χ1n) is 11.1. The molecule has 1 saturated carbocycles. The fourth-order valence-electron chi connectivity index (χ4n) is 6.12. The summed E-state index contributed by atoms with van der Waals surface area (Å²) in [6.45, 7) is 0.607. The van der Waals surface area contributed by atoms with E-state index in [0.29, 0.717) is 12.3 Å². The number of likely N-dealkylation sites (tertiary alicyclic amines) is 1. The van der Waals surface area contributed by atoms with Gasteiger partial charge in [-0.2, -0.15) is 0 Å². The highest BCUT2D eigenvalue weighted by molar-refractivity contribution is 6.09. The number of piperidine rings is 1. The Balaban J connectivity index is 1.37. The average Bonchev–Trinajstić information content (AvgIpc) is 2.98. The lowest BCUT2D eigenvalue weighted by atomic mass is 9.76. The van der Waals surface area contributed by atoms with Gasteiger partial charge >= 0.3 is 6.03 Å². The molecule has 2 aliphatic carbocycles. The number of hydrogen-bond acceptors (Lipinski definition) is 3. The molecule has 3 fully saturated rings. The van der Waals surface area contributed by atoms with Gasteiger partial charge in [0.15, 0.2) is 0 Å². The van der Waals surface area contributed by atoms with Gasteiger partial charge in [0.2, 0.25) is 5.91 Å². The normalized spacial score (nSPS) is 31.4. The number of benzene rings is 1. The van der Waals surface area contributed by atoms with Crippen molar-refractivity contribution < 1.29 is 14.4 Å². The van der Waals surface area contributed by atoms with Crippen LogP contribution in [0.1, 0.15) is 62.5 Å². The van der Waals surface area contributed by atoms with Crippen molar-refractivity contribution in [1.29, 1.82) is 0 Å². The second kappa shape index (κ2) is 7.15. The number of imide groups is 1. The van der Waals surface area contributed by atoms with E-state index in [9.17, 15) is 14.4 Å². The van der Waals surface area contributed by atoms with Gasteiger partial charge in [0.25, 0.3) is 5.91 Å². The van der Waals surface area contributed by atoms with E-state index in [-0.39, 0.29) is 24.4 Å². The van der Waals surface area contributed by atoms with Crippen LogP contribution in [0.15, 0.2) is 24.3 Å². The first-order valence-corrected chi connectivity index (χ1v) is 11.1. The van der Waals surface area contributed by atoms with Crippen molar-refractivity contribution in [3.8, 4) is 0 Å². The number of amides is 4. The van der Waals surface area contributed by atoms with Gasteiger partial charge in [0.05, 0.1) is 0 Å². The van der Waals surface area contributed by atoms with E-state index >= 15 is 0 Å². The Kier molecular flexibility index (Phi) is 4.60. The number of nitrogens with one attached hydrogen (secondary N) is 1. The summed E-state index contributed by atoms with van der Waals surface area (Å²) in [5.41, 5.74) is 1.01. The zero-order valence-corrected chi connectivity index (χ0v) is 16.9. The topological polar surface area (TPSA) is 69.7 Å². The Morgan fingerprint density at radius 2 is 1.86 bits per heavy atom. The summed E-state index contributed by atoms with van der Waals surface area (Å²) in [6, 6.07) is 7.70. The smallest absolute Gasteiger partial charge is 0.325 e. The summed E-state index contributed by atoms with van der Waals surface area (Å²) >= 11 is 0. The zero-order valence-electron chi connectivity index (χ0n) is 16.9. The summed E-state index contributed by atoms with van der Waals surface area (Å²) in [5, 5.41) is 2.96. The van der Waals surface area contributed by atoms with Gasteiger partial charge in [-0.1, -0.05) is 37.1 Å². The maximum absolute atomic E-state index is 13.4.